The monoisotopic (exact) mass is 266 g/mol. The fraction of sp³-hybridized carbons (Fsp3) is 0.938. The Hall–Kier alpha value is -0.590. The normalized spacial score (nSPS) is 20.8. The molecule has 0 radical (unpaired) electrons. The van der Waals surface area contributed by atoms with E-state index in [1.54, 1.807) is 0 Å². The van der Waals surface area contributed by atoms with Gasteiger partial charge in [-0.05, 0) is 46.5 Å². The molecule has 0 aromatic rings. The third kappa shape index (κ3) is 6.94. The van der Waals surface area contributed by atoms with E-state index in [1.807, 2.05) is 6.92 Å². The predicted molar refractivity (Wildman–Crippen MR) is 79.0 cm³/mol. The first-order valence-electron chi connectivity index (χ1n) is 7.86. The SMILES string of the molecule is CC(C)NC(C)(C#N)CCCOC1CCCCCC1. The van der Waals surface area contributed by atoms with Crippen LogP contribution in [0.3, 0.4) is 0 Å². The van der Waals surface area contributed by atoms with Crippen LogP contribution in [0.2, 0.25) is 0 Å². The van der Waals surface area contributed by atoms with Gasteiger partial charge in [0, 0.05) is 12.6 Å². The third-order valence-electron chi connectivity index (χ3n) is 3.83. The molecule has 19 heavy (non-hydrogen) atoms. The van der Waals surface area contributed by atoms with E-state index >= 15 is 0 Å². The van der Waals surface area contributed by atoms with Crippen molar-refractivity contribution < 1.29 is 4.74 Å². The second kappa shape index (κ2) is 8.55. The van der Waals surface area contributed by atoms with E-state index in [2.05, 4.69) is 25.2 Å². The Balaban J connectivity index is 2.19. The maximum Gasteiger partial charge on any atom is 0.104 e. The average molecular weight is 266 g/mol. The molecule has 0 aromatic heterocycles. The van der Waals surface area contributed by atoms with Gasteiger partial charge in [0.1, 0.15) is 5.54 Å². The molecule has 1 aliphatic rings. The van der Waals surface area contributed by atoms with Crippen LogP contribution in [-0.2, 0) is 4.74 Å². The maximum absolute atomic E-state index is 9.27. The molecule has 0 heterocycles. The quantitative estimate of drug-likeness (QED) is 0.563. The van der Waals surface area contributed by atoms with E-state index in [9.17, 15) is 5.26 Å². The van der Waals surface area contributed by atoms with Crippen LogP contribution < -0.4 is 5.32 Å². The van der Waals surface area contributed by atoms with Gasteiger partial charge in [0.2, 0.25) is 0 Å². The van der Waals surface area contributed by atoms with Gasteiger partial charge in [-0.15, -0.1) is 0 Å². The highest BCUT2D eigenvalue weighted by atomic mass is 16.5. The van der Waals surface area contributed by atoms with Gasteiger partial charge < -0.3 is 4.74 Å². The minimum atomic E-state index is -0.416. The summed E-state index contributed by atoms with van der Waals surface area (Å²) in [6, 6.07) is 2.73. The molecule has 1 fully saturated rings. The van der Waals surface area contributed by atoms with Gasteiger partial charge in [-0.1, -0.05) is 25.7 Å². The van der Waals surface area contributed by atoms with Crippen molar-refractivity contribution in [3.8, 4) is 6.07 Å². The second-order valence-corrected chi connectivity index (χ2v) is 6.33. The summed E-state index contributed by atoms with van der Waals surface area (Å²) in [4.78, 5) is 0. The van der Waals surface area contributed by atoms with Crippen molar-refractivity contribution in [2.24, 2.45) is 0 Å². The summed E-state index contributed by atoms with van der Waals surface area (Å²) in [5, 5.41) is 12.6. The van der Waals surface area contributed by atoms with Crippen molar-refractivity contribution in [2.45, 2.75) is 89.8 Å². The maximum atomic E-state index is 9.27. The summed E-state index contributed by atoms with van der Waals surface area (Å²) in [5.41, 5.74) is -0.416. The zero-order valence-corrected chi connectivity index (χ0v) is 12.9. The van der Waals surface area contributed by atoms with Crippen LogP contribution in [-0.4, -0.2) is 24.3 Å². The number of hydrogen-bond donors (Lipinski definition) is 1. The van der Waals surface area contributed by atoms with E-state index in [1.165, 1.54) is 38.5 Å². The number of hydrogen-bond acceptors (Lipinski definition) is 3. The van der Waals surface area contributed by atoms with Gasteiger partial charge in [0.05, 0.1) is 12.2 Å². The molecule has 110 valence electrons. The van der Waals surface area contributed by atoms with Crippen molar-refractivity contribution in [1.29, 1.82) is 5.26 Å². The van der Waals surface area contributed by atoms with Crippen LogP contribution in [0.15, 0.2) is 0 Å². The number of ether oxygens (including phenoxy) is 1. The Labute approximate surface area is 118 Å². The first-order valence-corrected chi connectivity index (χ1v) is 7.86. The number of nitrogens with one attached hydrogen (secondary N) is 1. The van der Waals surface area contributed by atoms with Crippen LogP contribution in [0.25, 0.3) is 0 Å². The second-order valence-electron chi connectivity index (χ2n) is 6.33. The molecule has 1 atom stereocenters. The van der Waals surface area contributed by atoms with Gasteiger partial charge in [-0.3, -0.25) is 5.32 Å². The van der Waals surface area contributed by atoms with Gasteiger partial charge in [-0.2, -0.15) is 5.26 Å². The molecular formula is C16H30N2O. The summed E-state index contributed by atoms with van der Waals surface area (Å²) in [6.45, 7) is 6.94. The largest absolute Gasteiger partial charge is 0.378 e. The first-order chi connectivity index (χ1) is 9.06. The lowest BCUT2D eigenvalue weighted by Crippen LogP contribution is -2.45. The summed E-state index contributed by atoms with van der Waals surface area (Å²) in [6.07, 6.45) is 10.1. The van der Waals surface area contributed by atoms with Gasteiger partial charge in [0.25, 0.3) is 0 Å². The predicted octanol–water partition coefficient (Wildman–Crippen LogP) is 3.79. The minimum Gasteiger partial charge on any atom is -0.378 e. The lowest BCUT2D eigenvalue weighted by atomic mass is 9.97. The Kier molecular flexibility index (Phi) is 7.41. The summed E-state index contributed by atoms with van der Waals surface area (Å²) < 4.78 is 5.97. The van der Waals surface area contributed by atoms with E-state index in [4.69, 9.17) is 4.74 Å². The van der Waals surface area contributed by atoms with Gasteiger partial charge in [0.15, 0.2) is 0 Å². The van der Waals surface area contributed by atoms with Crippen molar-refractivity contribution in [1.82, 2.24) is 5.32 Å². The molecule has 1 N–H and O–H groups in total. The van der Waals surface area contributed by atoms with E-state index in [0.717, 1.165) is 19.4 Å². The first kappa shape index (κ1) is 16.5. The Morgan fingerprint density at radius 1 is 1.26 bits per heavy atom. The molecule has 1 aliphatic carbocycles. The lowest BCUT2D eigenvalue weighted by molar-refractivity contribution is 0.0388. The molecule has 3 heteroatoms. The molecule has 1 unspecified atom stereocenters. The fourth-order valence-electron chi connectivity index (χ4n) is 2.88. The summed E-state index contributed by atoms with van der Waals surface area (Å²) >= 11 is 0. The van der Waals surface area contributed by atoms with Gasteiger partial charge >= 0.3 is 0 Å². The van der Waals surface area contributed by atoms with Crippen LogP contribution >= 0.6 is 0 Å². The average Bonchev–Trinajstić information content (AvgIpc) is 2.62. The summed E-state index contributed by atoms with van der Waals surface area (Å²) in [7, 11) is 0. The highest BCUT2D eigenvalue weighted by Gasteiger charge is 2.23. The minimum absolute atomic E-state index is 0.340. The molecule has 3 nitrogen and oxygen atoms in total. The Morgan fingerprint density at radius 3 is 2.42 bits per heavy atom. The molecule has 0 aliphatic heterocycles. The molecular weight excluding hydrogens is 236 g/mol. The fourth-order valence-corrected chi connectivity index (χ4v) is 2.88. The van der Waals surface area contributed by atoms with Crippen molar-refractivity contribution in [3.05, 3.63) is 0 Å². The van der Waals surface area contributed by atoms with Crippen molar-refractivity contribution in [3.63, 3.8) is 0 Å². The highest BCUT2D eigenvalue weighted by Crippen LogP contribution is 2.20. The zero-order valence-electron chi connectivity index (χ0n) is 12.9. The van der Waals surface area contributed by atoms with Crippen LogP contribution in [0.4, 0.5) is 0 Å². The van der Waals surface area contributed by atoms with Crippen LogP contribution in [0.1, 0.15) is 72.1 Å². The molecule has 1 saturated carbocycles. The molecule has 0 amide bonds. The zero-order chi connectivity index (χ0) is 14.1. The number of rotatable bonds is 7. The standard InChI is InChI=1S/C16H30N2O/c1-14(2)18-16(3,13-17)11-8-12-19-15-9-6-4-5-7-10-15/h14-15,18H,4-12H2,1-3H3. The molecule has 0 bridgehead atoms. The molecule has 1 rings (SSSR count). The lowest BCUT2D eigenvalue weighted by Gasteiger charge is -2.26. The van der Waals surface area contributed by atoms with Crippen LogP contribution in [0, 0.1) is 11.3 Å². The number of nitriles is 1. The Bertz CT molecular complexity index is 277. The smallest absolute Gasteiger partial charge is 0.104 e. The van der Waals surface area contributed by atoms with Crippen LogP contribution in [0.5, 0.6) is 0 Å². The van der Waals surface area contributed by atoms with Crippen molar-refractivity contribution in [2.75, 3.05) is 6.61 Å². The third-order valence-corrected chi connectivity index (χ3v) is 3.83. The Morgan fingerprint density at radius 2 is 1.89 bits per heavy atom. The van der Waals surface area contributed by atoms with E-state index in [0.29, 0.717) is 12.1 Å². The molecule has 0 spiro atoms. The molecule has 0 aromatic carbocycles. The van der Waals surface area contributed by atoms with E-state index < -0.39 is 5.54 Å². The van der Waals surface area contributed by atoms with E-state index in [-0.39, 0.29) is 0 Å². The molecule has 0 saturated heterocycles. The van der Waals surface area contributed by atoms with Gasteiger partial charge in [-0.25, -0.2) is 0 Å². The van der Waals surface area contributed by atoms with Crippen molar-refractivity contribution >= 4 is 0 Å². The number of nitrogens with zero attached hydrogens (tertiary/aromatic N) is 1. The highest BCUT2D eigenvalue weighted by molar-refractivity contribution is 5.04. The summed E-state index contributed by atoms with van der Waals surface area (Å²) in [5.74, 6) is 0. The topological polar surface area (TPSA) is 45.0 Å².